The summed E-state index contributed by atoms with van der Waals surface area (Å²) >= 11 is 6.03. The van der Waals surface area contributed by atoms with Crippen LogP contribution in [0.25, 0.3) is 0 Å². The lowest BCUT2D eigenvalue weighted by Crippen LogP contribution is -2.54. The van der Waals surface area contributed by atoms with Gasteiger partial charge in [0.1, 0.15) is 17.6 Å². The Bertz CT molecular complexity index is 752. The van der Waals surface area contributed by atoms with Gasteiger partial charge in [-0.3, -0.25) is 4.90 Å². The van der Waals surface area contributed by atoms with Gasteiger partial charge in [0, 0.05) is 38.8 Å². The van der Waals surface area contributed by atoms with Gasteiger partial charge in [-0.15, -0.1) is 0 Å². The summed E-state index contributed by atoms with van der Waals surface area (Å²) in [5.74, 6) is -0.192. The van der Waals surface area contributed by atoms with E-state index in [-0.39, 0.29) is 6.17 Å². The molecule has 1 saturated heterocycles. The Morgan fingerprint density at radius 3 is 2.44 bits per heavy atom. The predicted molar refractivity (Wildman–Crippen MR) is 105 cm³/mol. The minimum Gasteiger partial charge on any atom is -0.478 e. The number of ether oxygens (including phenoxy) is 1. The maximum absolute atomic E-state index is 12.0. The van der Waals surface area contributed by atoms with Crippen LogP contribution in [0, 0.1) is 0 Å². The van der Waals surface area contributed by atoms with Crippen LogP contribution in [-0.2, 0) is 16.1 Å². The lowest BCUT2D eigenvalue weighted by molar-refractivity contribution is -0.132. The molecule has 1 unspecified atom stereocenters. The molecule has 0 aromatic heterocycles. The Hall–Kier alpha value is -2.02. The topological polar surface area (TPSA) is 56.2 Å². The van der Waals surface area contributed by atoms with Gasteiger partial charge in [0.15, 0.2) is 0 Å². The molecule has 0 saturated carbocycles. The van der Waals surface area contributed by atoms with Crippen molar-refractivity contribution in [2.75, 3.05) is 40.4 Å². The Morgan fingerprint density at radius 2 is 1.89 bits per heavy atom. The number of hydrogen-bond donors (Lipinski definition) is 1. The first-order valence-corrected chi connectivity index (χ1v) is 9.43. The summed E-state index contributed by atoms with van der Waals surface area (Å²) in [5.41, 5.74) is 2.21. The van der Waals surface area contributed by atoms with Gasteiger partial charge in [0.25, 0.3) is 0 Å². The molecule has 1 atom stereocenters. The van der Waals surface area contributed by atoms with E-state index in [1.165, 1.54) is 0 Å². The molecule has 146 valence electrons. The summed E-state index contributed by atoms with van der Waals surface area (Å²) in [6.45, 7) is 5.46. The molecule has 2 aliphatic rings. The average molecular weight is 392 g/mol. The van der Waals surface area contributed by atoms with Crippen molar-refractivity contribution < 1.29 is 14.6 Å². The van der Waals surface area contributed by atoms with Crippen LogP contribution in [0.5, 0.6) is 0 Å². The van der Waals surface area contributed by atoms with E-state index >= 15 is 0 Å². The predicted octanol–water partition coefficient (Wildman–Crippen LogP) is 2.62. The molecule has 3 rings (SSSR count). The van der Waals surface area contributed by atoms with Gasteiger partial charge in [-0.25, -0.2) is 4.79 Å². The van der Waals surface area contributed by atoms with Crippen molar-refractivity contribution in [3.63, 3.8) is 0 Å². The minimum absolute atomic E-state index is 0.0231. The van der Waals surface area contributed by atoms with E-state index < -0.39 is 5.97 Å². The number of benzene rings is 1. The Morgan fingerprint density at radius 1 is 1.26 bits per heavy atom. The zero-order valence-electron chi connectivity index (χ0n) is 16.0. The molecule has 0 aliphatic carbocycles. The first kappa shape index (κ1) is 19.7. The Kier molecular flexibility index (Phi) is 6.09. The van der Waals surface area contributed by atoms with Crippen LogP contribution in [0.3, 0.4) is 0 Å². The van der Waals surface area contributed by atoms with Crippen LogP contribution < -0.4 is 0 Å². The second kappa shape index (κ2) is 8.33. The number of carboxylic acids is 1. The van der Waals surface area contributed by atoms with Gasteiger partial charge in [0.2, 0.25) is 0 Å². The van der Waals surface area contributed by atoms with Crippen molar-refractivity contribution in [1.29, 1.82) is 0 Å². The van der Waals surface area contributed by atoms with E-state index in [1.54, 1.807) is 0 Å². The summed E-state index contributed by atoms with van der Waals surface area (Å²) in [6, 6.07) is 7.70. The lowest BCUT2D eigenvalue weighted by atomic mass is 10.00. The molecular formula is C20H26ClN3O3. The van der Waals surface area contributed by atoms with Gasteiger partial charge in [0.05, 0.1) is 13.2 Å². The Labute approximate surface area is 165 Å². The third-order valence-corrected chi connectivity index (χ3v) is 5.18. The number of carboxylic acid groups (broad SMARTS) is 1. The van der Waals surface area contributed by atoms with Crippen LogP contribution in [0.1, 0.15) is 12.5 Å². The standard InChI is InChI=1S/C20H26ClN3O3/c1-14-12-17(23-8-10-27-11-9-23)24(13-15-4-6-16(21)7-5-15)19(22(2)3)18(14)20(25)26/h4-7,12,17H,8-11,13H2,1-3H3,(H,25,26). The molecule has 6 nitrogen and oxygen atoms in total. The van der Waals surface area contributed by atoms with Crippen LogP contribution >= 0.6 is 11.6 Å². The second-order valence-electron chi connectivity index (χ2n) is 7.06. The van der Waals surface area contributed by atoms with Crippen molar-refractivity contribution >= 4 is 17.6 Å². The summed E-state index contributed by atoms with van der Waals surface area (Å²) in [4.78, 5) is 18.4. The smallest absolute Gasteiger partial charge is 0.339 e. The highest BCUT2D eigenvalue weighted by Crippen LogP contribution is 2.32. The van der Waals surface area contributed by atoms with Gasteiger partial charge in [-0.05, 0) is 36.3 Å². The maximum Gasteiger partial charge on any atom is 0.339 e. The first-order valence-electron chi connectivity index (χ1n) is 9.05. The zero-order chi connectivity index (χ0) is 19.6. The molecule has 0 bridgehead atoms. The number of rotatable bonds is 5. The van der Waals surface area contributed by atoms with Gasteiger partial charge in [-0.1, -0.05) is 23.7 Å². The maximum atomic E-state index is 12.0. The van der Waals surface area contributed by atoms with E-state index in [0.29, 0.717) is 36.2 Å². The number of hydrogen-bond acceptors (Lipinski definition) is 5. The molecule has 2 aliphatic heterocycles. The van der Waals surface area contributed by atoms with Crippen LogP contribution in [0.4, 0.5) is 0 Å². The quantitative estimate of drug-likeness (QED) is 0.832. The van der Waals surface area contributed by atoms with Crippen molar-refractivity contribution in [3.05, 3.63) is 57.9 Å². The Balaban J connectivity index is 2.03. The average Bonchev–Trinajstić information content (AvgIpc) is 2.64. The second-order valence-corrected chi connectivity index (χ2v) is 7.50. The number of morpholine rings is 1. The SMILES string of the molecule is CC1=CC(N2CCOCC2)N(Cc2ccc(Cl)cc2)C(N(C)C)=C1C(=O)O. The van der Waals surface area contributed by atoms with Gasteiger partial charge < -0.3 is 19.6 Å². The molecule has 1 aromatic carbocycles. The van der Waals surface area contributed by atoms with Crippen molar-refractivity contribution in [2.45, 2.75) is 19.6 Å². The normalized spacial score (nSPS) is 21.3. The van der Waals surface area contributed by atoms with Gasteiger partial charge >= 0.3 is 5.97 Å². The van der Waals surface area contributed by atoms with Crippen molar-refractivity contribution in [3.8, 4) is 0 Å². The number of carbonyl (C=O) groups is 1. The van der Waals surface area contributed by atoms with E-state index in [4.69, 9.17) is 16.3 Å². The van der Waals surface area contributed by atoms with Crippen LogP contribution in [0.2, 0.25) is 5.02 Å². The number of nitrogens with zero attached hydrogens (tertiary/aromatic N) is 3. The zero-order valence-corrected chi connectivity index (χ0v) is 16.7. The molecular weight excluding hydrogens is 366 g/mol. The fourth-order valence-corrected chi connectivity index (χ4v) is 3.81. The summed E-state index contributed by atoms with van der Waals surface area (Å²) < 4.78 is 5.51. The molecule has 0 spiro atoms. The highest BCUT2D eigenvalue weighted by molar-refractivity contribution is 6.30. The van der Waals surface area contributed by atoms with E-state index in [1.807, 2.05) is 50.2 Å². The van der Waals surface area contributed by atoms with Crippen molar-refractivity contribution in [1.82, 2.24) is 14.7 Å². The lowest BCUT2D eigenvalue weighted by Gasteiger charge is -2.46. The third-order valence-electron chi connectivity index (χ3n) is 4.93. The molecule has 7 heteroatoms. The number of halogens is 1. The molecule has 0 amide bonds. The summed E-state index contributed by atoms with van der Waals surface area (Å²) in [6.07, 6.45) is 2.03. The summed E-state index contributed by atoms with van der Waals surface area (Å²) in [7, 11) is 3.78. The van der Waals surface area contributed by atoms with Crippen molar-refractivity contribution in [2.24, 2.45) is 0 Å². The van der Waals surface area contributed by atoms with E-state index in [9.17, 15) is 9.90 Å². The number of aliphatic carboxylic acids is 1. The van der Waals surface area contributed by atoms with Crippen LogP contribution in [0.15, 0.2) is 47.3 Å². The third kappa shape index (κ3) is 4.29. The summed E-state index contributed by atoms with van der Waals surface area (Å²) in [5, 5.41) is 10.5. The fourth-order valence-electron chi connectivity index (χ4n) is 3.69. The largest absolute Gasteiger partial charge is 0.478 e. The molecule has 27 heavy (non-hydrogen) atoms. The minimum atomic E-state index is -0.908. The van der Waals surface area contributed by atoms with Gasteiger partial charge in [-0.2, -0.15) is 0 Å². The van der Waals surface area contributed by atoms with E-state index in [2.05, 4.69) is 15.9 Å². The molecule has 1 aromatic rings. The van der Waals surface area contributed by atoms with Crippen LogP contribution in [-0.4, -0.2) is 72.3 Å². The monoisotopic (exact) mass is 391 g/mol. The molecule has 0 radical (unpaired) electrons. The molecule has 1 N–H and O–H groups in total. The first-order chi connectivity index (χ1) is 12.9. The molecule has 2 heterocycles. The fraction of sp³-hybridized carbons (Fsp3) is 0.450. The highest BCUT2D eigenvalue weighted by Gasteiger charge is 2.35. The molecule has 1 fully saturated rings. The van der Waals surface area contributed by atoms with E-state index in [0.717, 1.165) is 24.2 Å². The highest BCUT2D eigenvalue weighted by atomic mass is 35.5.